The van der Waals surface area contributed by atoms with E-state index in [0.717, 1.165) is 0 Å². The van der Waals surface area contributed by atoms with Crippen LogP contribution in [0.4, 0.5) is 0 Å². The van der Waals surface area contributed by atoms with Crippen LogP contribution in [0.25, 0.3) is 0 Å². The van der Waals surface area contributed by atoms with Crippen molar-refractivity contribution in [2.24, 2.45) is 5.92 Å². The Morgan fingerprint density at radius 1 is 1.31 bits per heavy atom. The van der Waals surface area contributed by atoms with Crippen LogP contribution in [-0.4, -0.2) is 24.8 Å². The van der Waals surface area contributed by atoms with Crippen LogP contribution < -0.4 is 0 Å². The van der Waals surface area contributed by atoms with E-state index in [2.05, 4.69) is 6.92 Å². The zero-order chi connectivity index (χ0) is 10.4. The molecule has 0 aliphatic carbocycles. The molecule has 3 heteroatoms. The van der Waals surface area contributed by atoms with Crippen molar-refractivity contribution < 1.29 is 14.3 Å². The first-order valence-corrected chi connectivity index (χ1v) is 4.58. The van der Waals surface area contributed by atoms with Crippen molar-refractivity contribution in [1.29, 1.82) is 0 Å². The van der Waals surface area contributed by atoms with Gasteiger partial charge in [-0.25, -0.2) is 0 Å². The number of esters is 1. The summed E-state index contributed by atoms with van der Waals surface area (Å²) in [6.45, 7) is 11.3. The zero-order valence-corrected chi connectivity index (χ0v) is 8.87. The minimum atomic E-state index is -0.188. The minimum Gasteiger partial charge on any atom is -0.463 e. The van der Waals surface area contributed by atoms with E-state index in [-0.39, 0.29) is 24.1 Å². The molecular weight excluding hydrogens is 168 g/mol. The lowest BCUT2D eigenvalue weighted by atomic mass is 10.2. The van der Waals surface area contributed by atoms with Gasteiger partial charge in [-0.2, -0.15) is 0 Å². The van der Waals surface area contributed by atoms with Gasteiger partial charge >= 0.3 is 5.97 Å². The molecule has 0 aliphatic heterocycles. The molecule has 0 radical (unpaired) electrons. The van der Waals surface area contributed by atoms with Crippen molar-refractivity contribution >= 4 is 5.97 Å². The minimum absolute atomic E-state index is 0.0762. The van der Waals surface area contributed by atoms with Gasteiger partial charge in [0.15, 0.2) is 0 Å². The predicted octanol–water partition coefficient (Wildman–Crippen LogP) is 1.81. The van der Waals surface area contributed by atoms with Crippen molar-refractivity contribution in [2.75, 3.05) is 6.61 Å². The highest BCUT2D eigenvalue weighted by molar-refractivity contribution is 5.71. The maximum Gasteiger partial charge on any atom is 0.308 e. The van der Waals surface area contributed by atoms with Gasteiger partial charge in [-0.3, -0.25) is 4.79 Å². The van der Waals surface area contributed by atoms with Crippen LogP contribution >= 0.6 is 0 Å². The molecule has 0 rings (SSSR count). The van der Waals surface area contributed by atoms with Gasteiger partial charge in [0, 0.05) is 0 Å². The van der Waals surface area contributed by atoms with Gasteiger partial charge in [0.05, 0.1) is 12.0 Å². The van der Waals surface area contributed by atoms with E-state index in [1.54, 1.807) is 13.8 Å². The Hall–Kier alpha value is -0.570. The van der Waals surface area contributed by atoms with Crippen LogP contribution in [-0.2, 0) is 14.3 Å². The summed E-state index contributed by atoms with van der Waals surface area (Å²) in [6, 6.07) is 0. The highest BCUT2D eigenvalue weighted by atomic mass is 16.6. The molecule has 0 spiro atoms. The first-order valence-electron chi connectivity index (χ1n) is 4.58. The molecule has 2 atom stereocenters. The Kier molecular flexibility index (Phi) is 5.71. The highest BCUT2D eigenvalue weighted by Crippen LogP contribution is 2.01. The fourth-order valence-corrected chi connectivity index (χ4v) is 0.802. The molecule has 3 nitrogen and oxygen atoms in total. The molecule has 0 bridgehead atoms. The van der Waals surface area contributed by atoms with Crippen LogP contribution in [0.2, 0.25) is 0 Å². The average Bonchev–Trinajstić information content (AvgIpc) is 1.98. The summed E-state index contributed by atoms with van der Waals surface area (Å²) < 4.78 is 10.3. The van der Waals surface area contributed by atoms with Crippen molar-refractivity contribution in [3.05, 3.63) is 6.92 Å². The van der Waals surface area contributed by atoms with Gasteiger partial charge in [0.2, 0.25) is 0 Å². The fraction of sp³-hybridized carbons (Fsp3) is 0.800. The van der Waals surface area contributed by atoms with Gasteiger partial charge < -0.3 is 16.4 Å². The van der Waals surface area contributed by atoms with E-state index in [9.17, 15) is 4.79 Å². The summed E-state index contributed by atoms with van der Waals surface area (Å²) in [4.78, 5) is 11.0. The maximum absolute atomic E-state index is 11.0. The number of ether oxygens (including phenoxy) is 2. The van der Waals surface area contributed by atoms with Crippen LogP contribution in [0.15, 0.2) is 0 Å². The molecule has 0 saturated heterocycles. The Balaban J connectivity index is 3.58. The molecule has 78 valence electrons. The third-order valence-electron chi connectivity index (χ3n) is 1.40. The second-order valence-corrected chi connectivity index (χ2v) is 3.54. The largest absolute Gasteiger partial charge is 0.463 e. The summed E-state index contributed by atoms with van der Waals surface area (Å²) in [7, 11) is 0. The smallest absolute Gasteiger partial charge is 0.308 e. The molecule has 0 aromatic carbocycles. The van der Waals surface area contributed by atoms with E-state index in [4.69, 9.17) is 9.47 Å². The number of hydrogen-bond donors (Lipinski definition) is 0. The standard InChI is InChI=1S/C10H19O3/c1-7(2)10(11)12-6-9(5)13-8(3)4/h7-9H,3,6H2,1-2,4-5H3/q-1. The Labute approximate surface area is 80.4 Å². The molecule has 0 N–H and O–H groups in total. The normalized spacial score (nSPS) is 15.5. The Morgan fingerprint density at radius 3 is 2.23 bits per heavy atom. The summed E-state index contributed by atoms with van der Waals surface area (Å²) in [5.74, 6) is -0.267. The van der Waals surface area contributed by atoms with Crippen LogP contribution in [0, 0.1) is 12.8 Å². The van der Waals surface area contributed by atoms with Crippen molar-refractivity contribution in [2.45, 2.75) is 39.9 Å². The first-order chi connectivity index (χ1) is 5.93. The van der Waals surface area contributed by atoms with Gasteiger partial charge in [0.25, 0.3) is 0 Å². The van der Waals surface area contributed by atoms with E-state index < -0.39 is 0 Å². The SMILES string of the molecule is [CH2-]C(C)OC(C)COC(=O)C(C)C. The second kappa shape index (κ2) is 5.97. The van der Waals surface area contributed by atoms with Crippen molar-refractivity contribution in [1.82, 2.24) is 0 Å². The summed E-state index contributed by atoms with van der Waals surface area (Å²) in [5, 5.41) is 0. The molecule has 0 aromatic heterocycles. The number of rotatable bonds is 5. The monoisotopic (exact) mass is 187 g/mol. The Morgan fingerprint density at radius 2 is 1.85 bits per heavy atom. The molecule has 0 heterocycles. The predicted molar refractivity (Wildman–Crippen MR) is 51.2 cm³/mol. The van der Waals surface area contributed by atoms with E-state index in [0.29, 0.717) is 6.61 Å². The number of carbonyl (C=O) groups is 1. The average molecular weight is 187 g/mol. The van der Waals surface area contributed by atoms with Gasteiger partial charge in [-0.05, 0) is 6.92 Å². The molecule has 0 aromatic rings. The topological polar surface area (TPSA) is 35.5 Å². The lowest BCUT2D eigenvalue weighted by molar-refractivity contribution is -0.151. The molecule has 0 saturated carbocycles. The summed E-state index contributed by atoms with van der Waals surface area (Å²) in [6.07, 6.45) is -0.164. The van der Waals surface area contributed by atoms with E-state index in [1.165, 1.54) is 0 Å². The summed E-state index contributed by atoms with van der Waals surface area (Å²) in [5.41, 5.74) is 0. The molecule has 2 unspecified atom stereocenters. The molecular formula is C10H19O3-. The quantitative estimate of drug-likeness (QED) is 0.486. The second-order valence-electron chi connectivity index (χ2n) is 3.54. The molecule has 0 amide bonds. The molecule has 13 heavy (non-hydrogen) atoms. The van der Waals surface area contributed by atoms with Crippen LogP contribution in [0.3, 0.4) is 0 Å². The van der Waals surface area contributed by atoms with Crippen molar-refractivity contribution in [3.63, 3.8) is 0 Å². The first kappa shape index (κ1) is 12.4. The third kappa shape index (κ3) is 6.58. The lowest BCUT2D eigenvalue weighted by Crippen LogP contribution is -2.23. The zero-order valence-electron chi connectivity index (χ0n) is 8.87. The summed E-state index contributed by atoms with van der Waals surface area (Å²) >= 11 is 0. The Bertz CT molecular complexity index is 152. The molecule has 0 fully saturated rings. The number of carbonyl (C=O) groups excluding carboxylic acids is 1. The van der Waals surface area contributed by atoms with E-state index >= 15 is 0 Å². The maximum atomic E-state index is 11.0. The van der Waals surface area contributed by atoms with E-state index in [1.807, 2.05) is 13.8 Å². The molecule has 0 aliphatic rings. The van der Waals surface area contributed by atoms with Crippen molar-refractivity contribution in [3.8, 4) is 0 Å². The van der Waals surface area contributed by atoms with Crippen LogP contribution in [0.1, 0.15) is 27.7 Å². The van der Waals surface area contributed by atoms with Gasteiger partial charge in [0.1, 0.15) is 6.61 Å². The van der Waals surface area contributed by atoms with Gasteiger partial charge in [-0.15, -0.1) is 0 Å². The lowest BCUT2D eigenvalue weighted by Gasteiger charge is -2.20. The highest BCUT2D eigenvalue weighted by Gasteiger charge is 2.10. The van der Waals surface area contributed by atoms with Gasteiger partial charge in [-0.1, -0.05) is 26.9 Å². The number of hydrogen-bond acceptors (Lipinski definition) is 3. The third-order valence-corrected chi connectivity index (χ3v) is 1.40. The fourth-order valence-electron chi connectivity index (χ4n) is 0.802. The van der Waals surface area contributed by atoms with Crippen LogP contribution in [0.5, 0.6) is 0 Å².